The molecule has 2 aromatic carbocycles. The first-order valence-corrected chi connectivity index (χ1v) is 16.4. The summed E-state index contributed by atoms with van der Waals surface area (Å²) >= 11 is 15.8. The smallest absolute Gasteiger partial charge is 0.303 e. The zero-order chi connectivity index (χ0) is 29.2. The lowest BCUT2D eigenvalue weighted by Crippen LogP contribution is -2.20. The van der Waals surface area contributed by atoms with E-state index in [-0.39, 0.29) is 17.8 Å². The number of hydrogen-bond acceptors (Lipinski definition) is 5. The van der Waals surface area contributed by atoms with Crippen molar-refractivity contribution < 1.29 is 15.0 Å². The van der Waals surface area contributed by atoms with Crippen molar-refractivity contribution >= 4 is 74.6 Å². The van der Waals surface area contributed by atoms with E-state index in [1.54, 1.807) is 0 Å². The Bertz CT molecular complexity index is 1570. The van der Waals surface area contributed by atoms with Gasteiger partial charge in [-0.25, -0.2) is 4.98 Å². The van der Waals surface area contributed by atoms with E-state index < -0.39 is 11.6 Å². The number of halogens is 2. The Balaban J connectivity index is 1.35. The maximum Gasteiger partial charge on any atom is 0.303 e. The van der Waals surface area contributed by atoms with Gasteiger partial charge in [0.25, 0.3) is 0 Å². The van der Waals surface area contributed by atoms with E-state index in [1.807, 2.05) is 68.1 Å². The number of benzene rings is 2. The minimum Gasteiger partial charge on any atom is -0.481 e. The second kappa shape index (κ2) is 12.5. The lowest BCUT2D eigenvalue weighted by molar-refractivity contribution is -0.138. The molecule has 0 amide bonds. The normalized spacial score (nSPS) is 15.4. The molecule has 2 N–H and O–H groups in total. The third-order valence-electron chi connectivity index (χ3n) is 7.68. The van der Waals surface area contributed by atoms with Crippen molar-refractivity contribution in [3.05, 3.63) is 98.0 Å². The summed E-state index contributed by atoms with van der Waals surface area (Å²) in [6, 6.07) is 20.6. The van der Waals surface area contributed by atoms with Crippen LogP contribution in [0.15, 0.2) is 60.7 Å². The Morgan fingerprint density at radius 1 is 1.10 bits per heavy atom. The van der Waals surface area contributed by atoms with E-state index in [2.05, 4.69) is 35.3 Å². The number of rotatable bonds is 12. The van der Waals surface area contributed by atoms with E-state index in [9.17, 15) is 15.0 Å². The number of pyridine rings is 1. The number of fused-ring (bicyclic) bond motifs is 1. The summed E-state index contributed by atoms with van der Waals surface area (Å²) in [4.78, 5) is 15.9. The zero-order valence-electron chi connectivity index (χ0n) is 23.1. The van der Waals surface area contributed by atoms with E-state index >= 15 is 0 Å². The van der Waals surface area contributed by atoms with Gasteiger partial charge in [-0.2, -0.15) is 11.8 Å². The standard InChI is InChI=1S/C33H33Cl2NO3S2/c1-32(2,39)26-6-4-3-5-25(26)24(15-18-40-20-33(16-17-33)19-28(37)38)22-10-7-21(8-11-22)9-12-23-13-14-27-30(36-23)29(34)31(35)41-27/h3-14,24,39H,15-20H2,1-2H3,(H,37,38)/t24-/m1/s1. The van der Waals surface area contributed by atoms with Crippen molar-refractivity contribution in [1.29, 1.82) is 0 Å². The highest BCUT2D eigenvalue weighted by Crippen LogP contribution is 2.51. The van der Waals surface area contributed by atoms with Gasteiger partial charge in [0.15, 0.2) is 0 Å². The first-order valence-electron chi connectivity index (χ1n) is 13.7. The molecular weight excluding hydrogens is 593 g/mol. The predicted octanol–water partition coefficient (Wildman–Crippen LogP) is 9.51. The third kappa shape index (κ3) is 7.36. The molecule has 0 saturated heterocycles. The molecule has 41 heavy (non-hydrogen) atoms. The molecule has 0 bridgehead atoms. The Kier molecular flexibility index (Phi) is 9.17. The average molecular weight is 627 g/mol. The van der Waals surface area contributed by atoms with Gasteiger partial charge < -0.3 is 10.2 Å². The molecule has 0 aliphatic heterocycles. The van der Waals surface area contributed by atoms with E-state index in [4.69, 9.17) is 23.2 Å². The van der Waals surface area contributed by atoms with Gasteiger partial charge in [-0.05, 0) is 90.5 Å². The molecule has 0 unspecified atom stereocenters. The van der Waals surface area contributed by atoms with Gasteiger partial charge in [-0.1, -0.05) is 77.8 Å². The molecule has 1 aliphatic rings. The van der Waals surface area contributed by atoms with Crippen LogP contribution in [0.3, 0.4) is 0 Å². The lowest BCUT2D eigenvalue weighted by Gasteiger charge is -2.27. The van der Waals surface area contributed by atoms with Gasteiger partial charge in [0, 0.05) is 5.92 Å². The van der Waals surface area contributed by atoms with Crippen LogP contribution in [-0.2, 0) is 10.4 Å². The molecule has 1 fully saturated rings. The molecule has 4 nitrogen and oxygen atoms in total. The monoisotopic (exact) mass is 625 g/mol. The van der Waals surface area contributed by atoms with E-state index in [0.29, 0.717) is 9.36 Å². The van der Waals surface area contributed by atoms with Gasteiger partial charge in [0.05, 0.1) is 27.4 Å². The van der Waals surface area contributed by atoms with Crippen molar-refractivity contribution in [2.45, 2.75) is 51.0 Å². The fraction of sp³-hybridized carbons (Fsp3) is 0.333. The predicted molar refractivity (Wildman–Crippen MR) is 174 cm³/mol. The van der Waals surface area contributed by atoms with Gasteiger partial charge >= 0.3 is 5.97 Å². The summed E-state index contributed by atoms with van der Waals surface area (Å²) < 4.78 is 1.52. The molecule has 1 aliphatic carbocycles. The summed E-state index contributed by atoms with van der Waals surface area (Å²) in [5.41, 5.74) is 4.84. The summed E-state index contributed by atoms with van der Waals surface area (Å²) in [6.45, 7) is 3.66. The summed E-state index contributed by atoms with van der Waals surface area (Å²) in [7, 11) is 0. The number of nitrogens with zero attached hydrogens (tertiary/aromatic N) is 1. The maximum absolute atomic E-state index is 11.3. The van der Waals surface area contributed by atoms with Gasteiger partial charge in [0.2, 0.25) is 0 Å². The summed E-state index contributed by atoms with van der Waals surface area (Å²) in [6.07, 6.45) is 7.17. The molecule has 2 aromatic heterocycles. The minimum atomic E-state index is -0.964. The van der Waals surface area contributed by atoms with Crippen LogP contribution < -0.4 is 0 Å². The van der Waals surface area contributed by atoms with Crippen molar-refractivity contribution in [1.82, 2.24) is 4.98 Å². The molecule has 4 aromatic rings. The third-order valence-corrected chi connectivity index (χ3v) is 11.0. The molecule has 1 atom stereocenters. The molecule has 0 spiro atoms. The number of carboxylic acid groups (broad SMARTS) is 1. The minimum absolute atomic E-state index is 0.0224. The number of hydrogen-bond donors (Lipinski definition) is 2. The Hall–Kier alpha value is -2.35. The van der Waals surface area contributed by atoms with Crippen LogP contribution >= 0.6 is 46.3 Å². The van der Waals surface area contributed by atoms with E-state index in [1.165, 1.54) is 16.9 Å². The SMILES string of the molecule is CC(C)(O)c1ccccc1[C@H](CCSCC1(CC(=O)O)CC1)c1ccc(C=Cc2ccc3sc(Cl)c(Cl)c3n2)cc1. The van der Waals surface area contributed by atoms with Crippen LogP contribution in [0.4, 0.5) is 0 Å². The lowest BCUT2D eigenvalue weighted by atomic mass is 9.81. The highest BCUT2D eigenvalue weighted by molar-refractivity contribution is 7.99. The van der Waals surface area contributed by atoms with Crippen LogP contribution in [0.5, 0.6) is 0 Å². The maximum atomic E-state index is 11.3. The van der Waals surface area contributed by atoms with Gasteiger partial charge in [-0.3, -0.25) is 4.79 Å². The molecule has 2 heterocycles. The fourth-order valence-corrected chi connectivity index (χ4v) is 8.05. The van der Waals surface area contributed by atoms with Crippen molar-refractivity contribution in [2.75, 3.05) is 11.5 Å². The summed E-state index contributed by atoms with van der Waals surface area (Å²) in [5.74, 6) is 1.19. The van der Waals surface area contributed by atoms with Crippen molar-refractivity contribution in [2.24, 2.45) is 5.41 Å². The van der Waals surface area contributed by atoms with Crippen LogP contribution in [0.1, 0.15) is 73.4 Å². The first-order chi connectivity index (χ1) is 19.5. The number of carbonyl (C=O) groups is 1. The van der Waals surface area contributed by atoms with Crippen LogP contribution in [0, 0.1) is 5.41 Å². The topological polar surface area (TPSA) is 70.4 Å². The van der Waals surface area contributed by atoms with Gasteiger partial charge in [-0.15, -0.1) is 11.3 Å². The number of aliphatic carboxylic acids is 1. The average Bonchev–Trinajstić information content (AvgIpc) is 3.63. The molecule has 214 valence electrons. The Morgan fingerprint density at radius 3 is 2.51 bits per heavy atom. The van der Waals surface area contributed by atoms with Gasteiger partial charge in [0.1, 0.15) is 9.85 Å². The Labute approximate surface area is 259 Å². The molecule has 0 radical (unpaired) electrons. The van der Waals surface area contributed by atoms with Crippen LogP contribution in [0.25, 0.3) is 22.4 Å². The highest BCUT2D eigenvalue weighted by Gasteiger charge is 2.44. The number of thioether (sulfide) groups is 1. The molecule has 8 heteroatoms. The van der Waals surface area contributed by atoms with E-state index in [0.717, 1.165) is 63.4 Å². The first kappa shape index (κ1) is 30.1. The number of aromatic nitrogens is 1. The molecule has 1 saturated carbocycles. The zero-order valence-corrected chi connectivity index (χ0v) is 26.2. The number of aliphatic hydroxyl groups is 1. The van der Waals surface area contributed by atoms with Crippen LogP contribution in [-0.4, -0.2) is 32.7 Å². The Morgan fingerprint density at radius 2 is 1.83 bits per heavy atom. The second-order valence-electron chi connectivity index (χ2n) is 11.4. The molecular formula is C33H33Cl2NO3S2. The largest absolute Gasteiger partial charge is 0.481 e. The summed E-state index contributed by atoms with van der Waals surface area (Å²) in [5, 5.41) is 20.7. The fourth-order valence-electron chi connectivity index (χ4n) is 5.27. The van der Waals surface area contributed by atoms with Crippen molar-refractivity contribution in [3.8, 4) is 0 Å². The number of thiophene rings is 1. The quantitative estimate of drug-likeness (QED) is 0.153. The van der Waals surface area contributed by atoms with Crippen molar-refractivity contribution in [3.63, 3.8) is 0 Å². The molecule has 5 rings (SSSR count). The number of carboxylic acids is 1. The van der Waals surface area contributed by atoms with Crippen LogP contribution in [0.2, 0.25) is 9.36 Å². The second-order valence-corrected chi connectivity index (χ2v) is 14.5. The highest BCUT2D eigenvalue weighted by atomic mass is 35.5.